The fourth-order valence-corrected chi connectivity index (χ4v) is 4.17. The van der Waals surface area contributed by atoms with Gasteiger partial charge >= 0.3 is 0 Å². The van der Waals surface area contributed by atoms with Gasteiger partial charge in [0.15, 0.2) is 15.7 Å². The molecule has 102 valence electrons. The van der Waals surface area contributed by atoms with Gasteiger partial charge in [0.1, 0.15) is 6.26 Å². The van der Waals surface area contributed by atoms with Gasteiger partial charge < -0.3 is 10.2 Å². The summed E-state index contributed by atoms with van der Waals surface area (Å²) in [6.07, 6.45) is 4.60. The number of sulfone groups is 1. The zero-order valence-corrected chi connectivity index (χ0v) is 11.4. The van der Waals surface area contributed by atoms with Crippen LogP contribution in [0.15, 0.2) is 10.7 Å². The maximum Gasteiger partial charge on any atom is 0.194 e. The van der Waals surface area contributed by atoms with Crippen molar-refractivity contribution in [3.05, 3.63) is 17.8 Å². The fourth-order valence-electron chi connectivity index (χ4n) is 2.39. The quantitative estimate of drug-likeness (QED) is 0.881. The Morgan fingerprint density at radius 3 is 3.06 bits per heavy atom. The van der Waals surface area contributed by atoms with Gasteiger partial charge in [-0.1, -0.05) is 0 Å². The predicted octanol–water partition coefficient (Wildman–Crippen LogP) is 0.932. The van der Waals surface area contributed by atoms with Gasteiger partial charge in [0.25, 0.3) is 0 Å². The number of nitrogens with two attached hydrogens (primary N) is 1. The molecule has 0 bridgehead atoms. The van der Waals surface area contributed by atoms with Crippen LogP contribution in [0.3, 0.4) is 0 Å². The van der Waals surface area contributed by atoms with Crippen LogP contribution in [0.2, 0.25) is 0 Å². The average Bonchev–Trinajstić information content (AvgIpc) is 2.62. The highest BCUT2D eigenvalue weighted by Gasteiger charge is 2.26. The number of rotatable bonds is 4. The molecule has 0 saturated carbocycles. The van der Waals surface area contributed by atoms with Crippen LogP contribution in [0.5, 0.6) is 0 Å². The van der Waals surface area contributed by atoms with Gasteiger partial charge in [-0.2, -0.15) is 0 Å². The van der Waals surface area contributed by atoms with Gasteiger partial charge in [0, 0.05) is 18.9 Å². The molecule has 2 rings (SSSR count). The first-order valence-corrected chi connectivity index (χ1v) is 8.16. The Bertz CT molecular complexity index is 493. The molecule has 2 N–H and O–H groups in total. The van der Waals surface area contributed by atoms with Crippen LogP contribution in [-0.2, 0) is 22.7 Å². The lowest BCUT2D eigenvalue weighted by Gasteiger charge is -2.20. The van der Waals surface area contributed by atoms with Gasteiger partial charge in [-0.15, -0.1) is 0 Å². The van der Waals surface area contributed by atoms with E-state index in [4.69, 9.17) is 10.2 Å². The normalized spacial score (nSPS) is 24.9. The van der Waals surface area contributed by atoms with Gasteiger partial charge in [0.05, 0.1) is 17.2 Å². The van der Waals surface area contributed by atoms with E-state index in [1.54, 1.807) is 6.26 Å². The molecule has 0 aromatic carbocycles. The van der Waals surface area contributed by atoms with Crippen LogP contribution in [0.25, 0.3) is 0 Å². The molecule has 2 heterocycles. The summed E-state index contributed by atoms with van der Waals surface area (Å²) < 4.78 is 28.4. The third-order valence-corrected chi connectivity index (χ3v) is 5.04. The van der Waals surface area contributed by atoms with E-state index < -0.39 is 9.84 Å². The highest BCUT2D eigenvalue weighted by molar-refractivity contribution is 7.91. The SMILES string of the molecule is CC(N)Cc1coc(CC2CCCS(=O)(=O)C2)n1. The van der Waals surface area contributed by atoms with E-state index in [0.717, 1.165) is 18.5 Å². The first-order chi connectivity index (χ1) is 8.44. The maximum atomic E-state index is 11.5. The van der Waals surface area contributed by atoms with E-state index in [2.05, 4.69) is 4.98 Å². The molecule has 0 amide bonds. The molecule has 1 aromatic rings. The van der Waals surface area contributed by atoms with Crippen molar-refractivity contribution in [3.8, 4) is 0 Å². The minimum Gasteiger partial charge on any atom is -0.449 e. The summed E-state index contributed by atoms with van der Waals surface area (Å²) in [5.41, 5.74) is 6.54. The number of aromatic nitrogens is 1. The van der Waals surface area contributed by atoms with Crippen molar-refractivity contribution in [3.63, 3.8) is 0 Å². The van der Waals surface area contributed by atoms with Crippen molar-refractivity contribution >= 4 is 9.84 Å². The minimum absolute atomic E-state index is 0.0537. The van der Waals surface area contributed by atoms with Gasteiger partial charge in [-0.3, -0.25) is 0 Å². The molecule has 0 spiro atoms. The second-order valence-corrected chi connectivity index (χ2v) is 7.47. The number of hydrogen-bond donors (Lipinski definition) is 1. The molecule has 1 aromatic heterocycles. The Kier molecular flexibility index (Phi) is 4.07. The molecule has 1 saturated heterocycles. The summed E-state index contributed by atoms with van der Waals surface area (Å²) >= 11 is 0. The lowest BCUT2D eigenvalue weighted by molar-refractivity contribution is 0.416. The van der Waals surface area contributed by atoms with E-state index >= 15 is 0 Å². The number of oxazole rings is 1. The monoisotopic (exact) mass is 272 g/mol. The molecule has 2 unspecified atom stereocenters. The van der Waals surface area contributed by atoms with E-state index in [1.807, 2.05) is 6.92 Å². The molecule has 6 heteroatoms. The van der Waals surface area contributed by atoms with E-state index in [-0.39, 0.29) is 17.7 Å². The highest BCUT2D eigenvalue weighted by Crippen LogP contribution is 2.22. The Morgan fingerprint density at radius 1 is 1.61 bits per heavy atom. The topological polar surface area (TPSA) is 86.2 Å². The smallest absolute Gasteiger partial charge is 0.194 e. The minimum atomic E-state index is -2.85. The molecule has 1 aliphatic heterocycles. The van der Waals surface area contributed by atoms with Crippen molar-refractivity contribution in [2.24, 2.45) is 11.7 Å². The molecule has 0 radical (unpaired) electrons. The summed E-state index contributed by atoms with van der Waals surface area (Å²) in [4.78, 5) is 4.35. The highest BCUT2D eigenvalue weighted by atomic mass is 32.2. The second kappa shape index (κ2) is 5.40. The second-order valence-electron chi connectivity index (χ2n) is 5.24. The molecule has 5 nitrogen and oxygen atoms in total. The molecule has 1 fully saturated rings. The maximum absolute atomic E-state index is 11.5. The van der Waals surface area contributed by atoms with E-state index in [9.17, 15) is 8.42 Å². The molecule has 2 atom stereocenters. The summed E-state index contributed by atoms with van der Waals surface area (Å²) in [5, 5.41) is 0. The van der Waals surface area contributed by atoms with Crippen LogP contribution in [0.1, 0.15) is 31.4 Å². The van der Waals surface area contributed by atoms with Crippen LogP contribution in [0, 0.1) is 5.92 Å². The van der Waals surface area contributed by atoms with Crippen LogP contribution < -0.4 is 5.73 Å². The summed E-state index contributed by atoms with van der Waals surface area (Å²) in [5.74, 6) is 1.36. The number of nitrogens with zero attached hydrogens (tertiary/aromatic N) is 1. The molecular formula is C12H20N2O3S. The van der Waals surface area contributed by atoms with Crippen LogP contribution >= 0.6 is 0 Å². The standard InChI is InChI=1S/C12H20N2O3S/c1-9(13)5-11-7-17-12(14-11)6-10-3-2-4-18(15,16)8-10/h7,9-10H,2-6,8,13H2,1H3. The lowest BCUT2D eigenvalue weighted by Crippen LogP contribution is -2.26. The molecule has 1 aliphatic rings. The van der Waals surface area contributed by atoms with Crippen molar-refractivity contribution in [1.82, 2.24) is 4.98 Å². The van der Waals surface area contributed by atoms with Crippen molar-refractivity contribution in [1.29, 1.82) is 0 Å². The largest absolute Gasteiger partial charge is 0.449 e. The van der Waals surface area contributed by atoms with Crippen LogP contribution in [-0.4, -0.2) is 30.9 Å². The van der Waals surface area contributed by atoms with Crippen molar-refractivity contribution in [2.75, 3.05) is 11.5 Å². The van der Waals surface area contributed by atoms with E-state index in [1.165, 1.54) is 0 Å². The Hall–Kier alpha value is -0.880. The van der Waals surface area contributed by atoms with Crippen molar-refractivity contribution < 1.29 is 12.8 Å². The van der Waals surface area contributed by atoms with Gasteiger partial charge in [-0.05, 0) is 25.7 Å². The van der Waals surface area contributed by atoms with Crippen LogP contribution in [0.4, 0.5) is 0 Å². The Morgan fingerprint density at radius 2 is 2.39 bits per heavy atom. The lowest BCUT2D eigenvalue weighted by atomic mass is 10.0. The average molecular weight is 272 g/mol. The van der Waals surface area contributed by atoms with E-state index in [0.29, 0.717) is 24.5 Å². The molecule has 18 heavy (non-hydrogen) atoms. The fraction of sp³-hybridized carbons (Fsp3) is 0.750. The first-order valence-electron chi connectivity index (χ1n) is 6.34. The Labute approximate surface area is 108 Å². The molecular weight excluding hydrogens is 252 g/mol. The first kappa shape index (κ1) is 13.5. The van der Waals surface area contributed by atoms with Gasteiger partial charge in [-0.25, -0.2) is 13.4 Å². The van der Waals surface area contributed by atoms with Crippen molar-refractivity contribution in [2.45, 2.75) is 38.6 Å². The third kappa shape index (κ3) is 3.81. The number of hydrogen-bond acceptors (Lipinski definition) is 5. The Balaban J connectivity index is 1.95. The zero-order valence-electron chi connectivity index (χ0n) is 10.6. The van der Waals surface area contributed by atoms with Gasteiger partial charge in [0.2, 0.25) is 0 Å². The third-order valence-electron chi connectivity index (χ3n) is 3.15. The predicted molar refractivity (Wildman–Crippen MR) is 68.9 cm³/mol. The summed E-state index contributed by atoms with van der Waals surface area (Å²) in [6.45, 7) is 1.92. The summed E-state index contributed by atoms with van der Waals surface area (Å²) in [7, 11) is -2.85. The zero-order chi connectivity index (χ0) is 13.2. The molecule has 0 aliphatic carbocycles. The summed E-state index contributed by atoms with van der Waals surface area (Å²) in [6, 6.07) is 0.0537.